The monoisotopic (exact) mass is 1120 g/mol. The number of para-hydroxylation sites is 1. The van der Waals surface area contributed by atoms with Gasteiger partial charge in [0.2, 0.25) is 0 Å². The fraction of sp³-hybridized carbons (Fsp3) is 0. The van der Waals surface area contributed by atoms with E-state index in [1.807, 2.05) is 116 Å². The maximum atomic E-state index is 6.66. The molecule has 0 radical (unpaired) electrons. The van der Waals surface area contributed by atoms with Crippen LogP contribution in [0.1, 0.15) is 0 Å². The van der Waals surface area contributed by atoms with Gasteiger partial charge in [-0.3, -0.25) is 4.98 Å². The van der Waals surface area contributed by atoms with E-state index in [4.69, 9.17) is 24.4 Å². The van der Waals surface area contributed by atoms with Crippen LogP contribution in [0.5, 0.6) is 0 Å². The summed E-state index contributed by atoms with van der Waals surface area (Å²) in [7, 11) is 0. The normalized spacial score (nSPS) is 11.1. The van der Waals surface area contributed by atoms with Gasteiger partial charge in [-0.15, -0.1) is 59.2 Å². The van der Waals surface area contributed by atoms with E-state index in [0.29, 0.717) is 0 Å². The zero-order valence-corrected chi connectivity index (χ0v) is 41.8. The Labute approximate surface area is 441 Å². The molecule has 0 atom stereocenters. The van der Waals surface area contributed by atoms with Gasteiger partial charge in [0, 0.05) is 35.7 Å². The van der Waals surface area contributed by atoms with Crippen LogP contribution in [0.2, 0.25) is 0 Å². The SMILES string of the molecule is [Ir+3].[c-]1cc(-c2ccccc2-c2cc(-c3ccccc3-c3c[c-]c(-c4ccccn4)cn3)cc(-c3ccccc3-c3c[c-]c(-c4ccccn4)cc3-c3ccnc4c3oc3ccccc34)c2)ncc1-c1ccccn1. The molecule has 0 fully saturated rings. The van der Waals surface area contributed by atoms with Crippen LogP contribution in [0.3, 0.4) is 0 Å². The van der Waals surface area contributed by atoms with Gasteiger partial charge in [0.1, 0.15) is 11.1 Å². The van der Waals surface area contributed by atoms with Crippen LogP contribution in [-0.2, 0) is 20.1 Å². The number of hydrogen-bond acceptors (Lipinski definition) is 7. The molecule has 13 rings (SSSR count). The first kappa shape index (κ1) is 45.8. The van der Waals surface area contributed by atoms with Crippen molar-refractivity contribution in [1.82, 2.24) is 29.9 Å². The molecule has 7 aromatic heterocycles. The van der Waals surface area contributed by atoms with Gasteiger partial charge < -0.3 is 29.3 Å². The molecule has 0 aliphatic rings. The molecule has 74 heavy (non-hydrogen) atoms. The minimum absolute atomic E-state index is 0. The second-order valence-electron chi connectivity index (χ2n) is 17.6. The van der Waals surface area contributed by atoms with E-state index < -0.39 is 0 Å². The molecule has 0 saturated carbocycles. The largest absolute Gasteiger partial charge is 3.00 e. The molecule has 0 aliphatic carbocycles. The van der Waals surface area contributed by atoms with Gasteiger partial charge in [-0.05, 0) is 128 Å². The van der Waals surface area contributed by atoms with Crippen LogP contribution in [0.25, 0.3) is 134 Å². The van der Waals surface area contributed by atoms with Gasteiger partial charge in [0.25, 0.3) is 0 Å². The van der Waals surface area contributed by atoms with E-state index in [1.165, 1.54) is 0 Å². The van der Waals surface area contributed by atoms with Crippen LogP contribution in [0.4, 0.5) is 0 Å². The number of aromatic nitrogens is 6. The quantitative estimate of drug-likeness (QED) is 0.126. The van der Waals surface area contributed by atoms with Gasteiger partial charge in [-0.1, -0.05) is 150 Å². The van der Waals surface area contributed by atoms with Gasteiger partial charge in [-0.2, -0.15) is 0 Å². The smallest absolute Gasteiger partial charge is 0.454 e. The van der Waals surface area contributed by atoms with E-state index in [0.717, 1.165) is 134 Å². The summed E-state index contributed by atoms with van der Waals surface area (Å²) in [5.41, 5.74) is 20.9. The third-order valence-electron chi connectivity index (χ3n) is 13.2. The third-order valence-corrected chi connectivity index (χ3v) is 13.2. The molecule has 0 spiro atoms. The Bertz CT molecular complexity index is 3980. The summed E-state index contributed by atoms with van der Waals surface area (Å²) in [6.07, 6.45) is 11.0. The standard InChI is InChI=1S/C66H39N6O.Ir/c1-4-18-52(53-29-26-43(59-22-9-12-33-67-59)40-58(53)56-32-36-70-65-57-21-7-8-25-64(57)73-66(56)65)49(15-1)46-37-47(50-16-2-5-19-54(50)62-30-27-44(41-71-62)60-23-10-13-34-68-60)39-48(38-46)51-17-3-6-20-55(51)63-31-28-45(42-72-63)61-24-11-14-35-69-61;/h1-25,29-42H;/q-3;+3. The molecule has 0 saturated heterocycles. The number of nitrogens with zero attached hydrogens (tertiary/aromatic N) is 6. The Morgan fingerprint density at radius 2 is 0.770 bits per heavy atom. The van der Waals surface area contributed by atoms with Crippen LogP contribution in [0, 0.1) is 18.2 Å². The molecule has 348 valence electrons. The van der Waals surface area contributed by atoms with Gasteiger partial charge in [-0.25, -0.2) is 0 Å². The summed E-state index contributed by atoms with van der Waals surface area (Å²) in [5, 5.41) is 0.966. The minimum Gasteiger partial charge on any atom is -0.454 e. The summed E-state index contributed by atoms with van der Waals surface area (Å²) in [6, 6.07) is 78.8. The average molecular weight is 1120 g/mol. The first-order valence-corrected chi connectivity index (χ1v) is 24.0. The van der Waals surface area contributed by atoms with Crippen molar-refractivity contribution in [3.05, 3.63) is 256 Å². The number of fused-ring (bicyclic) bond motifs is 3. The molecule has 8 heteroatoms. The molecule has 0 bridgehead atoms. The summed E-state index contributed by atoms with van der Waals surface area (Å²) in [6.45, 7) is 0. The predicted molar refractivity (Wildman–Crippen MR) is 291 cm³/mol. The Hall–Kier alpha value is -9.33. The number of rotatable bonds is 10. The van der Waals surface area contributed by atoms with Crippen molar-refractivity contribution < 1.29 is 24.5 Å². The Morgan fingerprint density at radius 1 is 0.311 bits per heavy atom. The molecule has 6 aromatic carbocycles. The van der Waals surface area contributed by atoms with Crippen LogP contribution < -0.4 is 0 Å². The zero-order valence-electron chi connectivity index (χ0n) is 39.4. The number of benzene rings is 6. The number of pyridine rings is 6. The average Bonchev–Trinajstić information content (AvgIpc) is 3.87. The Balaban J connectivity index is 0.00000556. The first-order valence-electron chi connectivity index (χ1n) is 24.0. The van der Waals surface area contributed by atoms with E-state index in [-0.39, 0.29) is 20.1 Å². The van der Waals surface area contributed by atoms with Crippen LogP contribution in [-0.4, -0.2) is 29.9 Å². The van der Waals surface area contributed by atoms with Crippen molar-refractivity contribution in [3.8, 4) is 112 Å². The van der Waals surface area contributed by atoms with Crippen molar-refractivity contribution in [2.45, 2.75) is 0 Å². The first-order chi connectivity index (χ1) is 36.2. The molecule has 7 heterocycles. The predicted octanol–water partition coefficient (Wildman–Crippen LogP) is 16.0. The maximum absolute atomic E-state index is 6.66. The van der Waals surface area contributed by atoms with Gasteiger partial charge in [0.15, 0.2) is 5.58 Å². The van der Waals surface area contributed by atoms with Crippen molar-refractivity contribution >= 4 is 22.1 Å². The molecule has 7 nitrogen and oxygen atoms in total. The van der Waals surface area contributed by atoms with Crippen molar-refractivity contribution in [2.24, 2.45) is 0 Å². The molecular formula is C66H39IrN6O. The second-order valence-corrected chi connectivity index (χ2v) is 17.6. The summed E-state index contributed by atoms with van der Waals surface area (Å²) in [4.78, 5) is 28.7. The maximum Gasteiger partial charge on any atom is 3.00 e. The van der Waals surface area contributed by atoms with Crippen LogP contribution >= 0.6 is 0 Å². The van der Waals surface area contributed by atoms with Gasteiger partial charge >= 0.3 is 20.1 Å². The fourth-order valence-corrected chi connectivity index (χ4v) is 9.73. The van der Waals surface area contributed by atoms with Gasteiger partial charge in [0.05, 0.1) is 0 Å². The molecular weight excluding hydrogens is 1080 g/mol. The summed E-state index contributed by atoms with van der Waals surface area (Å²) >= 11 is 0. The molecule has 0 N–H and O–H groups in total. The van der Waals surface area contributed by atoms with E-state index in [1.54, 1.807) is 12.4 Å². The van der Waals surface area contributed by atoms with Crippen molar-refractivity contribution in [2.75, 3.05) is 0 Å². The van der Waals surface area contributed by atoms with E-state index >= 15 is 0 Å². The van der Waals surface area contributed by atoms with Crippen LogP contribution in [0.15, 0.2) is 242 Å². The van der Waals surface area contributed by atoms with E-state index in [9.17, 15) is 0 Å². The summed E-state index contributed by atoms with van der Waals surface area (Å²) in [5.74, 6) is 0. The summed E-state index contributed by atoms with van der Waals surface area (Å²) < 4.78 is 6.66. The molecule has 0 unspecified atom stereocenters. The van der Waals surface area contributed by atoms with E-state index in [2.05, 4.69) is 137 Å². The Morgan fingerprint density at radius 3 is 1.28 bits per heavy atom. The number of furan rings is 1. The molecule has 0 amide bonds. The van der Waals surface area contributed by atoms with Crippen molar-refractivity contribution in [3.63, 3.8) is 0 Å². The minimum atomic E-state index is 0. The fourth-order valence-electron chi connectivity index (χ4n) is 9.73. The second kappa shape index (κ2) is 20.1. The molecule has 0 aliphatic heterocycles. The molecule has 13 aromatic rings. The Kier molecular flexibility index (Phi) is 12.4. The topological polar surface area (TPSA) is 90.5 Å². The number of hydrogen-bond donors (Lipinski definition) is 0. The zero-order chi connectivity index (χ0) is 48.5. The van der Waals surface area contributed by atoms with Crippen molar-refractivity contribution in [1.29, 1.82) is 0 Å². The third kappa shape index (κ3) is 8.68.